The van der Waals surface area contributed by atoms with Crippen LogP contribution in [0.5, 0.6) is 0 Å². The highest BCUT2D eigenvalue weighted by atomic mass is 79.9. The van der Waals surface area contributed by atoms with E-state index in [9.17, 15) is 9.59 Å². The third-order valence-corrected chi connectivity index (χ3v) is 5.56. The van der Waals surface area contributed by atoms with Crippen LogP contribution in [-0.2, 0) is 9.59 Å². The monoisotopic (exact) mass is 391 g/mol. The van der Waals surface area contributed by atoms with Crippen LogP contribution in [0.1, 0.15) is 11.1 Å². The molecule has 4 nitrogen and oxygen atoms in total. The van der Waals surface area contributed by atoms with Crippen molar-refractivity contribution < 1.29 is 14.7 Å². The summed E-state index contributed by atoms with van der Waals surface area (Å²) in [5.41, 5.74) is 2.29. The largest absolute Gasteiger partial charge is 0.481 e. The number of aryl methyl sites for hydroxylation is 2. The molecule has 0 radical (unpaired) electrons. The summed E-state index contributed by atoms with van der Waals surface area (Å²) in [6.45, 7) is 4.54. The van der Waals surface area contributed by atoms with E-state index >= 15 is 0 Å². The van der Waals surface area contributed by atoms with Gasteiger partial charge >= 0.3 is 5.97 Å². The number of amides is 1. The number of hydrogen-bond acceptors (Lipinski definition) is 4. The lowest BCUT2D eigenvalue weighted by Crippen LogP contribution is -2.27. The molecule has 0 aliphatic rings. The van der Waals surface area contributed by atoms with Crippen LogP contribution in [0, 0.1) is 13.8 Å². The Kier molecular flexibility index (Phi) is 8.21. The van der Waals surface area contributed by atoms with Gasteiger partial charge in [-0.2, -0.15) is 0 Å². The van der Waals surface area contributed by atoms with Gasteiger partial charge in [0.05, 0.1) is 11.5 Å². The Balaban J connectivity index is 2.30. The molecule has 0 saturated heterocycles. The Morgan fingerprint density at radius 3 is 2.62 bits per heavy atom. The van der Waals surface area contributed by atoms with Crippen molar-refractivity contribution in [2.75, 3.05) is 23.8 Å². The van der Waals surface area contributed by atoms with E-state index in [4.69, 9.17) is 5.11 Å². The second kappa shape index (κ2) is 9.38. The van der Waals surface area contributed by atoms with Gasteiger partial charge in [-0.15, -0.1) is 23.5 Å². The van der Waals surface area contributed by atoms with Crippen LogP contribution in [0.2, 0.25) is 0 Å². The molecule has 0 aliphatic carbocycles. The minimum atomic E-state index is -0.831. The van der Waals surface area contributed by atoms with Crippen molar-refractivity contribution in [2.24, 2.45) is 0 Å². The molecule has 1 aromatic carbocycles. The fourth-order valence-electron chi connectivity index (χ4n) is 1.53. The van der Waals surface area contributed by atoms with Crippen molar-refractivity contribution in [3.8, 4) is 0 Å². The van der Waals surface area contributed by atoms with Gasteiger partial charge in [0, 0.05) is 21.7 Å². The molecule has 0 heterocycles. The second-order valence-electron chi connectivity index (χ2n) is 4.45. The van der Waals surface area contributed by atoms with Gasteiger partial charge in [-0.05, 0) is 37.1 Å². The lowest BCUT2D eigenvalue weighted by molar-refractivity contribution is -0.133. The van der Waals surface area contributed by atoms with Crippen molar-refractivity contribution in [3.05, 3.63) is 27.7 Å². The zero-order chi connectivity index (χ0) is 15.8. The van der Waals surface area contributed by atoms with Gasteiger partial charge in [0.2, 0.25) is 5.91 Å². The standard InChI is InChI=1S/C14H18BrNO3S2/c1-9-6-12(10(2)5-11(9)15)21-7-13(17)16-3-4-20-8-14(18)19/h5-6H,3-4,7-8H2,1-2H3,(H,16,17)(H,18,19). The van der Waals surface area contributed by atoms with Crippen molar-refractivity contribution in [1.29, 1.82) is 0 Å². The van der Waals surface area contributed by atoms with Gasteiger partial charge in [0.15, 0.2) is 0 Å². The van der Waals surface area contributed by atoms with Crippen molar-refractivity contribution in [2.45, 2.75) is 18.7 Å². The van der Waals surface area contributed by atoms with Crippen LogP contribution < -0.4 is 5.32 Å². The molecular weight excluding hydrogens is 374 g/mol. The molecule has 1 rings (SSSR count). The van der Waals surface area contributed by atoms with E-state index in [1.54, 1.807) is 0 Å². The first kappa shape index (κ1) is 18.4. The number of rotatable bonds is 8. The Labute approximate surface area is 141 Å². The fourth-order valence-corrected chi connectivity index (χ4v) is 3.48. The highest BCUT2D eigenvalue weighted by Crippen LogP contribution is 2.28. The number of carbonyl (C=O) groups is 2. The maximum atomic E-state index is 11.7. The van der Waals surface area contributed by atoms with Crippen LogP contribution in [0.25, 0.3) is 0 Å². The maximum absolute atomic E-state index is 11.7. The molecule has 21 heavy (non-hydrogen) atoms. The zero-order valence-electron chi connectivity index (χ0n) is 11.9. The molecule has 0 aromatic heterocycles. The molecule has 1 amide bonds. The quantitative estimate of drug-likeness (QED) is 0.526. The van der Waals surface area contributed by atoms with Crippen LogP contribution in [0.15, 0.2) is 21.5 Å². The van der Waals surface area contributed by atoms with E-state index in [2.05, 4.69) is 33.4 Å². The van der Waals surface area contributed by atoms with Crippen LogP contribution in [0.4, 0.5) is 0 Å². The van der Waals surface area contributed by atoms with E-state index in [-0.39, 0.29) is 11.7 Å². The molecule has 2 N–H and O–H groups in total. The summed E-state index contributed by atoms with van der Waals surface area (Å²) < 4.78 is 1.07. The Hall–Kier alpha value is -0.660. The van der Waals surface area contributed by atoms with Gasteiger partial charge < -0.3 is 10.4 Å². The molecule has 0 unspecified atom stereocenters. The zero-order valence-corrected chi connectivity index (χ0v) is 15.2. The SMILES string of the molecule is Cc1cc(SCC(=O)NCCSCC(=O)O)c(C)cc1Br. The predicted octanol–water partition coefficient (Wildman–Crippen LogP) is 3.09. The van der Waals surface area contributed by atoms with Gasteiger partial charge in [-0.1, -0.05) is 15.9 Å². The summed E-state index contributed by atoms with van der Waals surface area (Å²) in [5, 5.41) is 11.3. The number of hydrogen-bond donors (Lipinski definition) is 2. The number of carboxylic acid groups (broad SMARTS) is 1. The average Bonchev–Trinajstić information content (AvgIpc) is 2.40. The Bertz CT molecular complexity index is 523. The summed E-state index contributed by atoms with van der Waals surface area (Å²) in [5.74, 6) is 0.186. The van der Waals surface area contributed by atoms with Gasteiger partial charge in [-0.25, -0.2) is 0 Å². The van der Waals surface area contributed by atoms with Crippen LogP contribution in [-0.4, -0.2) is 40.8 Å². The van der Waals surface area contributed by atoms with E-state index in [0.717, 1.165) is 20.5 Å². The topological polar surface area (TPSA) is 66.4 Å². The molecule has 0 saturated carbocycles. The van der Waals surface area contributed by atoms with Gasteiger partial charge in [0.25, 0.3) is 0 Å². The Morgan fingerprint density at radius 2 is 1.95 bits per heavy atom. The molecule has 0 atom stereocenters. The normalized spacial score (nSPS) is 10.4. The number of carboxylic acids is 1. The third-order valence-electron chi connectivity index (χ3n) is 2.61. The summed E-state index contributed by atoms with van der Waals surface area (Å²) in [6, 6.07) is 4.12. The highest BCUT2D eigenvalue weighted by Gasteiger charge is 2.07. The highest BCUT2D eigenvalue weighted by molar-refractivity contribution is 9.10. The maximum Gasteiger partial charge on any atom is 0.313 e. The number of halogens is 1. The molecule has 116 valence electrons. The van der Waals surface area contributed by atoms with Crippen LogP contribution >= 0.6 is 39.5 Å². The minimum absolute atomic E-state index is 0.0316. The second-order valence-corrected chi connectivity index (χ2v) is 7.43. The number of nitrogens with one attached hydrogen (secondary N) is 1. The summed E-state index contributed by atoms with van der Waals surface area (Å²) in [6.07, 6.45) is 0. The lowest BCUT2D eigenvalue weighted by Gasteiger charge is -2.09. The first-order valence-corrected chi connectivity index (χ1v) is 9.29. The predicted molar refractivity (Wildman–Crippen MR) is 92.3 cm³/mol. The first-order chi connectivity index (χ1) is 9.90. The van der Waals surface area contributed by atoms with Crippen LogP contribution in [0.3, 0.4) is 0 Å². The van der Waals surface area contributed by atoms with Crippen molar-refractivity contribution in [3.63, 3.8) is 0 Å². The number of carbonyl (C=O) groups excluding carboxylic acids is 1. The number of aliphatic carboxylic acids is 1. The molecule has 0 aliphatic heterocycles. The molecule has 0 fully saturated rings. The number of thioether (sulfide) groups is 2. The summed E-state index contributed by atoms with van der Waals surface area (Å²) >= 11 is 6.30. The van der Waals surface area contributed by atoms with Crippen molar-refractivity contribution in [1.82, 2.24) is 5.32 Å². The summed E-state index contributed by atoms with van der Waals surface area (Å²) in [7, 11) is 0. The smallest absolute Gasteiger partial charge is 0.313 e. The summed E-state index contributed by atoms with van der Waals surface area (Å²) in [4.78, 5) is 23.1. The average molecular weight is 392 g/mol. The van der Waals surface area contributed by atoms with Crippen molar-refractivity contribution >= 4 is 51.3 Å². The Morgan fingerprint density at radius 1 is 1.24 bits per heavy atom. The minimum Gasteiger partial charge on any atom is -0.481 e. The number of benzene rings is 1. The van der Waals surface area contributed by atoms with Gasteiger partial charge in [0.1, 0.15) is 0 Å². The molecule has 0 bridgehead atoms. The van der Waals surface area contributed by atoms with E-state index in [1.165, 1.54) is 23.5 Å². The first-order valence-electron chi connectivity index (χ1n) is 6.36. The molecule has 7 heteroatoms. The molecule has 0 spiro atoms. The fraction of sp³-hybridized carbons (Fsp3) is 0.429. The lowest BCUT2D eigenvalue weighted by atomic mass is 10.2. The molecular formula is C14H18BrNO3S2. The molecule has 1 aromatic rings. The van der Waals surface area contributed by atoms with Gasteiger partial charge in [-0.3, -0.25) is 9.59 Å². The van der Waals surface area contributed by atoms with E-state index in [0.29, 0.717) is 18.1 Å². The van der Waals surface area contributed by atoms with E-state index in [1.807, 2.05) is 13.8 Å². The van der Waals surface area contributed by atoms with E-state index < -0.39 is 5.97 Å². The third kappa shape index (κ3) is 7.24.